The van der Waals surface area contributed by atoms with Crippen LogP contribution in [-0.4, -0.2) is 23.3 Å². The molecule has 1 unspecified atom stereocenters. The summed E-state index contributed by atoms with van der Waals surface area (Å²) < 4.78 is 4.39. The average molecular weight is 215 g/mol. The van der Waals surface area contributed by atoms with Crippen LogP contribution in [0.5, 0.6) is 0 Å². The molecule has 1 aliphatic rings. The predicted octanol–water partition coefficient (Wildman–Crippen LogP) is 1.38. The van der Waals surface area contributed by atoms with Gasteiger partial charge in [-0.1, -0.05) is 6.08 Å². The van der Waals surface area contributed by atoms with Gasteiger partial charge >= 0.3 is 12.1 Å². The van der Waals surface area contributed by atoms with Gasteiger partial charge in [0.2, 0.25) is 0 Å². The summed E-state index contributed by atoms with van der Waals surface area (Å²) in [5.74, 6) is -0.546. The first-order chi connectivity index (χ1) is 6.88. The fourth-order valence-electron chi connectivity index (χ4n) is 0.991. The third-order valence-corrected chi connectivity index (χ3v) is 1.81. The topological polar surface area (TPSA) is 89.6 Å². The molecule has 1 aliphatic carbocycles. The van der Waals surface area contributed by atoms with Gasteiger partial charge in [0, 0.05) is 0 Å². The van der Waals surface area contributed by atoms with Crippen molar-refractivity contribution < 1.29 is 19.4 Å². The third-order valence-electron chi connectivity index (χ3n) is 1.81. The second-order valence-electron chi connectivity index (χ2n) is 3.57. The number of hydrogen-bond acceptors (Lipinski definition) is 3. The molecule has 15 heavy (non-hydrogen) atoms. The van der Waals surface area contributed by atoms with Crippen molar-refractivity contribution in [2.75, 3.05) is 0 Å². The SMILES string of the molecule is C=C[C@H]1CC1C(=O)O.CC(C)OC(N)=O. The van der Waals surface area contributed by atoms with Crippen molar-refractivity contribution >= 4 is 12.1 Å². The van der Waals surface area contributed by atoms with Crippen molar-refractivity contribution in [3.63, 3.8) is 0 Å². The summed E-state index contributed by atoms with van der Waals surface area (Å²) in [4.78, 5) is 19.9. The zero-order valence-corrected chi connectivity index (χ0v) is 8.97. The molecule has 0 aliphatic heterocycles. The average Bonchev–Trinajstić information content (AvgIpc) is 2.80. The molecular formula is C10H17NO4. The molecule has 1 rings (SSSR count). The highest BCUT2D eigenvalue weighted by Crippen LogP contribution is 2.38. The summed E-state index contributed by atoms with van der Waals surface area (Å²) in [6.07, 6.45) is 1.69. The van der Waals surface area contributed by atoms with Crippen LogP contribution in [-0.2, 0) is 9.53 Å². The Labute approximate surface area is 88.9 Å². The minimum absolute atomic E-state index is 0.0995. The van der Waals surface area contributed by atoms with E-state index in [-0.39, 0.29) is 17.9 Å². The lowest BCUT2D eigenvalue weighted by Crippen LogP contribution is -2.17. The van der Waals surface area contributed by atoms with E-state index in [4.69, 9.17) is 5.11 Å². The van der Waals surface area contributed by atoms with Crippen molar-refractivity contribution in [3.8, 4) is 0 Å². The van der Waals surface area contributed by atoms with E-state index in [1.807, 2.05) is 0 Å². The zero-order chi connectivity index (χ0) is 12.0. The number of amides is 1. The van der Waals surface area contributed by atoms with Gasteiger partial charge in [-0.15, -0.1) is 6.58 Å². The summed E-state index contributed by atoms with van der Waals surface area (Å²) >= 11 is 0. The van der Waals surface area contributed by atoms with Crippen LogP contribution >= 0.6 is 0 Å². The van der Waals surface area contributed by atoms with Gasteiger partial charge in [-0.2, -0.15) is 0 Å². The van der Waals surface area contributed by atoms with Gasteiger partial charge < -0.3 is 15.6 Å². The molecule has 0 aromatic carbocycles. The van der Waals surface area contributed by atoms with Gasteiger partial charge in [-0.05, 0) is 26.2 Å². The number of carboxylic acid groups (broad SMARTS) is 1. The maximum atomic E-state index is 10.1. The van der Waals surface area contributed by atoms with Gasteiger partial charge in [-0.3, -0.25) is 4.79 Å². The lowest BCUT2D eigenvalue weighted by atomic mass is 10.3. The van der Waals surface area contributed by atoms with E-state index in [1.54, 1.807) is 19.9 Å². The van der Waals surface area contributed by atoms with Crippen LogP contribution in [0.15, 0.2) is 12.7 Å². The number of carbonyl (C=O) groups is 2. The van der Waals surface area contributed by atoms with Crippen molar-refractivity contribution in [2.24, 2.45) is 17.6 Å². The maximum absolute atomic E-state index is 10.1. The molecule has 0 bridgehead atoms. The number of rotatable bonds is 3. The number of hydrogen-bond donors (Lipinski definition) is 2. The van der Waals surface area contributed by atoms with Crippen LogP contribution < -0.4 is 5.73 Å². The second kappa shape index (κ2) is 6.06. The van der Waals surface area contributed by atoms with Crippen molar-refractivity contribution in [2.45, 2.75) is 26.4 Å². The Morgan fingerprint density at radius 2 is 2.13 bits per heavy atom. The van der Waals surface area contributed by atoms with E-state index in [2.05, 4.69) is 17.0 Å². The number of primary amides is 1. The Morgan fingerprint density at radius 3 is 2.20 bits per heavy atom. The highest BCUT2D eigenvalue weighted by Gasteiger charge is 2.40. The number of carboxylic acids is 1. The molecule has 1 amide bonds. The van der Waals surface area contributed by atoms with Crippen LogP contribution in [0, 0.1) is 11.8 Å². The van der Waals surface area contributed by atoms with Gasteiger partial charge in [0.15, 0.2) is 0 Å². The van der Waals surface area contributed by atoms with Gasteiger partial charge in [0.25, 0.3) is 0 Å². The molecule has 86 valence electrons. The molecule has 1 saturated carbocycles. The normalized spacial score (nSPS) is 22.3. The lowest BCUT2D eigenvalue weighted by Gasteiger charge is -2.01. The van der Waals surface area contributed by atoms with Gasteiger partial charge in [0.05, 0.1) is 12.0 Å². The summed E-state index contributed by atoms with van der Waals surface area (Å²) in [7, 11) is 0. The third kappa shape index (κ3) is 6.54. The number of allylic oxidation sites excluding steroid dienone is 1. The van der Waals surface area contributed by atoms with Crippen LogP contribution in [0.25, 0.3) is 0 Å². The van der Waals surface area contributed by atoms with Crippen LogP contribution in [0.3, 0.4) is 0 Å². The Hall–Kier alpha value is -1.52. The van der Waals surface area contributed by atoms with E-state index < -0.39 is 12.1 Å². The van der Waals surface area contributed by atoms with Gasteiger partial charge in [0.1, 0.15) is 0 Å². The molecule has 0 radical (unpaired) electrons. The highest BCUT2D eigenvalue weighted by molar-refractivity contribution is 5.73. The molecule has 0 aromatic rings. The van der Waals surface area contributed by atoms with Crippen LogP contribution in [0.4, 0.5) is 4.79 Å². The Kier molecular flexibility index (Phi) is 5.44. The minimum atomic E-state index is -0.713. The molecule has 2 atom stereocenters. The molecule has 5 heteroatoms. The molecule has 1 fully saturated rings. The Balaban J connectivity index is 0.000000265. The summed E-state index contributed by atoms with van der Waals surface area (Å²) in [5, 5.41) is 8.31. The zero-order valence-electron chi connectivity index (χ0n) is 8.97. The van der Waals surface area contributed by atoms with E-state index >= 15 is 0 Å². The molecule has 0 heterocycles. The second-order valence-corrected chi connectivity index (χ2v) is 3.57. The molecule has 5 nitrogen and oxygen atoms in total. The van der Waals surface area contributed by atoms with Gasteiger partial charge in [-0.25, -0.2) is 4.79 Å². The fraction of sp³-hybridized carbons (Fsp3) is 0.600. The van der Waals surface area contributed by atoms with Crippen LogP contribution in [0.1, 0.15) is 20.3 Å². The number of carbonyl (C=O) groups excluding carboxylic acids is 1. The number of ether oxygens (including phenoxy) is 1. The maximum Gasteiger partial charge on any atom is 0.404 e. The highest BCUT2D eigenvalue weighted by atomic mass is 16.6. The van der Waals surface area contributed by atoms with Crippen molar-refractivity contribution in [1.29, 1.82) is 0 Å². The first-order valence-corrected chi connectivity index (χ1v) is 4.70. The molecule has 0 aromatic heterocycles. The monoisotopic (exact) mass is 215 g/mol. The Bertz CT molecular complexity index is 250. The molecular weight excluding hydrogens is 198 g/mol. The van der Waals surface area contributed by atoms with E-state index in [9.17, 15) is 9.59 Å². The van der Waals surface area contributed by atoms with E-state index in [1.165, 1.54) is 0 Å². The summed E-state index contributed by atoms with van der Waals surface area (Å²) in [5.41, 5.74) is 4.63. The lowest BCUT2D eigenvalue weighted by molar-refractivity contribution is -0.138. The van der Waals surface area contributed by atoms with E-state index in [0.717, 1.165) is 6.42 Å². The predicted molar refractivity (Wildman–Crippen MR) is 55.2 cm³/mol. The fourth-order valence-corrected chi connectivity index (χ4v) is 0.991. The first kappa shape index (κ1) is 13.5. The smallest absolute Gasteiger partial charge is 0.404 e. The largest absolute Gasteiger partial charge is 0.481 e. The standard InChI is InChI=1S/C6H8O2.C4H9NO2/c1-2-4-3-5(4)6(7)8;1-3(2)7-4(5)6/h2,4-5H,1,3H2,(H,7,8);3H,1-2H3,(H2,5,6)/t4-,5?;/m0./s1. The number of aliphatic carboxylic acids is 1. The molecule has 3 N–H and O–H groups in total. The van der Waals surface area contributed by atoms with Crippen molar-refractivity contribution in [1.82, 2.24) is 0 Å². The first-order valence-electron chi connectivity index (χ1n) is 4.70. The number of nitrogens with two attached hydrogens (primary N) is 1. The van der Waals surface area contributed by atoms with E-state index in [0.29, 0.717) is 0 Å². The molecule has 0 saturated heterocycles. The van der Waals surface area contributed by atoms with Crippen LogP contribution in [0.2, 0.25) is 0 Å². The quantitative estimate of drug-likeness (QED) is 0.696. The summed E-state index contributed by atoms with van der Waals surface area (Å²) in [6, 6.07) is 0. The van der Waals surface area contributed by atoms with Crippen molar-refractivity contribution in [3.05, 3.63) is 12.7 Å². The minimum Gasteiger partial charge on any atom is -0.481 e. The summed E-state index contributed by atoms with van der Waals surface area (Å²) in [6.45, 7) is 6.97. The Morgan fingerprint density at radius 1 is 1.60 bits per heavy atom. The molecule has 0 spiro atoms.